The minimum Gasteiger partial charge on any atom is -0.381 e. The molecule has 1 aromatic carbocycles. The Morgan fingerprint density at radius 1 is 1.27 bits per heavy atom. The fourth-order valence-corrected chi connectivity index (χ4v) is 2.58. The van der Waals surface area contributed by atoms with Crippen LogP contribution in [0.2, 0.25) is 0 Å². The van der Waals surface area contributed by atoms with Crippen LogP contribution in [0.1, 0.15) is 31.7 Å². The molecule has 1 fully saturated rings. The third-order valence-corrected chi connectivity index (χ3v) is 4.26. The summed E-state index contributed by atoms with van der Waals surface area (Å²) < 4.78 is 18.6. The fraction of sp³-hybridized carbons (Fsp3) is 0.650. The summed E-state index contributed by atoms with van der Waals surface area (Å²) in [5.41, 5.74) is 1.11. The Morgan fingerprint density at radius 3 is 2.73 bits per heavy atom. The maximum atomic E-state index is 12.9. The lowest BCUT2D eigenvalue weighted by molar-refractivity contribution is 0.123. The van der Waals surface area contributed by atoms with Crippen molar-refractivity contribution in [2.45, 2.75) is 32.7 Å². The molecule has 0 spiro atoms. The highest BCUT2D eigenvalue weighted by molar-refractivity contribution is 5.79. The van der Waals surface area contributed by atoms with Gasteiger partial charge in [0.2, 0.25) is 0 Å². The van der Waals surface area contributed by atoms with Gasteiger partial charge in [0.05, 0.1) is 0 Å². The molecule has 0 aliphatic heterocycles. The van der Waals surface area contributed by atoms with E-state index in [0.717, 1.165) is 69.8 Å². The van der Waals surface area contributed by atoms with Crippen molar-refractivity contribution in [3.05, 3.63) is 35.6 Å². The zero-order valence-corrected chi connectivity index (χ0v) is 16.1. The molecule has 0 atom stereocenters. The molecule has 0 saturated heterocycles. The van der Waals surface area contributed by atoms with Gasteiger partial charge in [-0.2, -0.15) is 0 Å². The first-order valence-corrected chi connectivity index (χ1v) is 9.70. The molecule has 0 bridgehead atoms. The smallest absolute Gasteiger partial charge is 0.191 e. The standard InChI is InChI=1S/C20H33FN4O/c1-3-22-20(23-11-4-14-26-16-18-5-6-18)24-12-13-25(2)15-17-7-9-19(21)10-8-17/h7-10,18H,3-6,11-16H2,1-2H3,(H2,22,23,24). The number of benzene rings is 1. The second-order valence-corrected chi connectivity index (χ2v) is 6.92. The molecule has 146 valence electrons. The van der Waals surface area contributed by atoms with Crippen LogP contribution in [0.25, 0.3) is 0 Å². The summed E-state index contributed by atoms with van der Waals surface area (Å²) in [5.74, 6) is 1.48. The monoisotopic (exact) mass is 364 g/mol. The van der Waals surface area contributed by atoms with E-state index in [2.05, 4.69) is 34.5 Å². The highest BCUT2D eigenvalue weighted by atomic mass is 19.1. The number of nitrogens with zero attached hydrogens (tertiary/aromatic N) is 2. The number of nitrogens with one attached hydrogen (secondary N) is 2. The van der Waals surface area contributed by atoms with Crippen molar-refractivity contribution < 1.29 is 9.13 Å². The van der Waals surface area contributed by atoms with Gasteiger partial charge in [-0.05, 0) is 56.8 Å². The number of rotatable bonds is 12. The summed E-state index contributed by atoms with van der Waals surface area (Å²) in [6.45, 7) is 7.88. The molecule has 1 saturated carbocycles. The summed E-state index contributed by atoms with van der Waals surface area (Å²) in [7, 11) is 2.06. The van der Waals surface area contributed by atoms with Gasteiger partial charge >= 0.3 is 0 Å². The van der Waals surface area contributed by atoms with Gasteiger partial charge < -0.3 is 20.3 Å². The van der Waals surface area contributed by atoms with Gasteiger partial charge in [0, 0.05) is 45.9 Å². The molecule has 0 aromatic heterocycles. The van der Waals surface area contributed by atoms with Crippen molar-refractivity contribution in [2.75, 3.05) is 46.4 Å². The Balaban J connectivity index is 1.59. The van der Waals surface area contributed by atoms with Crippen LogP contribution in [-0.4, -0.2) is 57.3 Å². The molecule has 0 radical (unpaired) electrons. The van der Waals surface area contributed by atoms with Crippen LogP contribution in [0.15, 0.2) is 29.3 Å². The second kappa shape index (κ2) is 11.9. The molecule has 1 aromatic rings. The number of hydrogen-bond acceptors (Lipinski definition) is 3. The lowest BCUT2D eigenvalue weighted by Crippen LogP contribution is -2.41. The van der Waals surface area contributed by atoms with E-state index in [1.165, 1.54) is 25.0 Å². The molecular weight excluding hydrogens is 331 g/mol. The van der Waals surface area contributed by atoms with Crippen LogP contribution in [0.4, 0.5) is 4.39 Å². The lowest BCUT2D eigenvalue weighted by atomic mass is 10.2. The minimum atomic E-state index is -0.192. The van der Waals surface area contributed by atoms with Gasteiger partial charge in [0.15, 0.2) is 5.96 Å². The largest absolute Gasteiger partial charge is 0.381 e. The summed E-state index contributed by atoms with van der Waals surface area (Å²) in [6.07, 6.45) is 3.62. The summed E-state index contributed by atoms with van der Waals surface area (Å²) >= 11 is 0. The molecular formula is C20H33FN4O. The van der Waals surface area contributed by atoms with Gasteiger partial charge in [-0.3, -0.25) is 4.99 Å². The molecule has 2 N–H and O–H groups in total. The minimum absolute atomic E-state index is 0.192. The third-order valence-electron chi connectivity index (χ3n) is 4.26. The molecule has 5 nitrogen and oxygen atoms in total. The van der Waals surface area contributed by atoms with Crippen molar-refractivity contribution in [3.8, 4) is 0 Å². The number of guanidine groups is 1. The Morgan fingerprint density at radius 2 is 2.04 bits per heavy atom. The molecule has 0 unspecified atom stereocenters. The maximum absolute atomic E-state index is 12.9. The topological polar surface area (TPSA) is 48.9 Å². The summed E-state index contributed by atoms with van der Waals surface area (Å²) in [4.78, 5) is 6.79. The first-order valence-electron chi connectivity index (χ1n) is 9.70. The lowest BCUT2D eigenvalue weighted by Gasteiger charge is -2.18. The van der Waals surface area contributed by atoms with Gasteiger partial charge in [0.25, 0.3) is 0 Å². The normalized spacial score (nSPS) is 14.7. The van der Waals surface area contributed by atoms with Crippen molar-refractivity contribution in [1.82, 2.24) is 15.5 Å². The van der Waals surface area contributed by atoms with Crippen LogP contribution in [0.5, 0.6) is 0 Å². The number of aliphatic imine (C=N–C) groups is 1. The number of likely N-dealkylation sites (N-methyl/N-ethyl adjacent to an activating group) is 1. The van der Waals surface area contributed by atoms with Crippen LogP contribution < -0.4 is 10.6 Å². The van der Waals surface area contributed by atoms with Crippen molar-refractivity contribution in [1.29, 1.82) is 0 Å². The van der Waals surface area contributed by atoms with E-state index in [1.54, 1.807) is 0 Å². The second-order valence-electron chi connectivity index (χ2n) is 6.92. The third kappa shape index (κ3) is 9.15. The van der Waals surface area contributed by atoms with Crippen molar-refractivity contribution >= 4 is 5.96 Å². The van der Waals surface area contributed by atoms with Crippen LogP contribution in [0.3, 0.4) is 0 Å². The molecule has 26 heavy (non-hydrogen) atoms. The van der Waals surface area contributed by atoms with E-state index < -0.39 is 0 Å². The van der Waals surface area contributed by atoms with E-state index in [-0.39, 0.29) is 5.82 Å². The highest BCUT2D eigenvalue weighted by Gasteiger charge is 2.20. The SMILES string of the molecule is CCNC(=NCCCOCC1CC1)NCCN(C)Cc1ccc(F)cc1. The van der Waals surface area contributed by atoms with Gasteiger partial charge in [0.1, 0.15) is 5.82 Å². The summed E-state index contributed by atoms with van der Waals surface area (Å²) in [6, 6.07) is 6.67. The van der Waals surface area contributed by atoms with Gasteiger partial charge in [-0.25, -0.2) is 4.39 Å². The van der Waals surface area contributed by atoms with E-state index >= 15 is 0 Å². The maximum Gasteiger partial charge on any atom is 0.191 e. The van der Waals surface area contributed by atoms with E-state index in [9.17, 15) is 4.39 Å². The Bertz CT molecular complexity index is 531. The van der Waals surface area contributed by atoms with Crippen LogP contribution in [0, 0.1) is 11.7 Å². The Kier molecular flexibility index (Phi) is 9.42. The molecule has 0 amide bonds. The first-order chi connectivity index (χ1) is 12.7. The predicted octanol–water partition coefficient (Wildman–Crippen LogP) is 2.63. The number of ether oxygens (including phenoxy) is 1. The van der Waals surface area contributed by atoms with E-state index in [0.29, 0.717) is 0 Å². The van der Waals surface area contributed by atoms with Gasteiger partial charge in [-0.15, -0.1) is 0 Å². The van der Waals surface area contributed by atoms with Crippen LogP contribution in [-0.2, 0) is 11.3 Å². The molecule has 1 aliphatic carbocycles. The van der Waals surface area contributed by atoms with Gasteiger partial charge in [-0.1, -0.05) is 12.1 Å². The number of halogens is 1. The summed E-state index contributed by atoms with van der Waals surface area (Å²) in [5, 5.41) is 6.63. The van der Waals surface area contributed by atoms with Crippen LogP contribution >= 0.6 is 0 Å². The van der Waals surface area contributed by atoms with E-state index in [1.807, 2.05) is 12.1 Å². The zero-order chi connectivity index (χ0) is 18.6. The molecule has 0 heterocycles. The zero-order valence-electron chi connectivity index (χ0n) is 16.1. The quantitative estimate of drug-likeness (QED) is 0.340. The Hall–Kier alpha value is -1.66. The molecule has 2 rings (SSSR count). The van der Waals surface area contributed by atoms with E-state index in [4.69, 9.17) is 4.74 Å². The average molecular weight is 365 g/mol. The molecule has 1 aliphatic rings. The first kappa shape index (κ1) is 20.6. The molecule has 6 heteroatoms. The number of hydrogen-bond donors (Lipinski definition) is 2. The predicted molar refractivity (Wildman–Crippen MR) is 105 cm³/mol. The highest BCUT2D eigenvalue weighted by Crippen LogP contribution is 2.28. The fourth-order valence-electron chi connectivity index (χ4n) is 2.58. The Labute approximate surface area is 157 Å². The van der Waals surface area contributed by atoms with Crippen molar-refractivity contribution in [2.24, 2.45) is 10.9 Å². The van der Waals surface area contributed by atoms with Crippen molar-refractivity contribution in [3.63, 3.8) is 0 Å². The average Bonchev–Trinajstić information content (AvgIpc) is 3.44.